The zero-order valence-electron chi connectivity index (χ0n) is 19.8. The number of methoxy groups -OCH3 is 1. The average Bonchev–Trinajstić information content (AvgIpc) is 3.55. The molecule has 0 bridgehead atoms. The van der Waals surface area contributed by atoms with Crippen LogP contribution in [0, 0.1) is 11.8 Å². The summed E-state index contributed by atoms with van der Waals surface area (Å²) in [7, 11) is 1.68. The van der Waals surface area contributed by atoms with E-state index in [1.165, 1.54) is 0 Å². The molecule has 5 nitrogen and oxygen atoms in total. The summed E-state index contributed by atoms with van der Waals surface area (Å²) in [5.41, 5.74) is 5.53. The molecule has 1 saturated carbocycles. The molecular weight excluding hydrogens is 502 g/mol. The van der Waals surface area contributed by atoms with Gasteiger partial charge in [0.1, 0.15) is 11.6 Å². The van der Waals surface area contributed by atoms with Crippen LogP contribution in [-0.4, -0.2) is 40.6 Å². The number of carbonyl (C=O) groups is 1. The van der Waals surface area contributed by atoms with Crippen molar-refractivity contribution in [1.82, 2.24) is 14.5 Å². The molecule has 6 rings (SSSR count). The van der Waals surface area contributed by atoms with Gasteiger partial charge in [-0.3, -0.25) is 4.79 Å². The maximum Gasteiger partial charge on any atom is 0.225 e. The molecule has 1 amide bonds. The maximum absolute atomic E-state index is 12.6. The van der Waals surface area contributed by atoms with Gasteiger partial charge in [-0.2, -0.15) is 0 Å². The number of amides is 1. The molecule has 35 heavy (non-hydrogen) atoms. The van der Waals surface area contributed by atoms with Crippen LogP contribution in [0.3, 0.4) is 0 Å². The maximum atomic E-state index is 12.6. The van der Waals surface area contributed by atoms with Crippen molar-refractivity contribution in [3.8, 4) is 28.3 Å². The Balaban J connectivity index is 1.30. The molecule has 1 aliphatic carbocycles. The van der Waals surface area contributed by atoms with E-state index < -0.39 is 0 Å². The SMILES string of the molecule is COc1ccc(-c2ccc(-c3nc4ccc(Br)cc4n3C[C@H]3CCN(C(=O)C4CC4)C3)cc2)cc1. The second-order valence-electron chi connectivity index (χ2n) is 9.70. The van der Waals surface area contributed by atoms with Crippen molar-refractivity contribution >= 4 is 32.9 Å². The van der Waals surface area contributed by atoms with Crippen molar-refractivity contribution in [2.45, 2.75) is 25.8 Å². The van der Waals surface area contributed by atoms with E-state index in [-0.39, 0.29) is 0 Å². The molecule has 2 heterocycles. The molecule has 4 aromatic rings. The van der Waals surface area contributed by atoms with Crippen molar-refractivity contribution in [3.63, 3.8) is 0 Å². The highest BCUT2D eigenvalue weighted by molar-refractivity contribution is 9.10. The van der Waals surface area contributed by atoms with Crippen LogP contribution >= 0.6 is 15.9 Å². The van der Waals surface area contributed by atoms with Crippen LogP contribution in [0.2, 0.25) is 0 Å². The monoisotopic (exact) mass is 529 g/mol. The summed E-state index contributed by atoms with van der Waals surface area (Å²) >= 11 is 3.64. The number of benzene rings is 3. The van der Waals surface area contributed by atoms with Gasteiger partial charge in [-0.1, -0.05) is 52.3 Å². The van der Waals surface area contributed by atoms with Crippen LogP contribution in [-0.2, 0) is 11.3 Å². The van der Waals surface area contributed by atoms with Crippen molar-refractivity contribution in [3.05, 3.63) is 71.2 Å². The van der Waals surface area contributed by atoms with Crippen LogP contribution < -0.4 is 4.74 Å². The summed E-state index contributed by atoms with van der Waals surface area (Å²) in [6, 6.07) is 23.0. The van der Waals surface area contributed by atoms with Gasteiger partial charge in [0.25, 0.3) is 0 Å². The third kappa shape index (κ3) is 4.47. The number of hydrogen-bond donors (Lipinski definition) is 0. The lowest BCUT2D eigenvalue weighted by Crippen LogP contribution is -2.30. The molecule has 0 spiro atoms. The first-order valence-corrected chi connectivity index (χ1v) is 13.1. The van der Waals surface area contributed by atoms with Gasteiger partial charge in [0.2, 0.25) is 5.91 Å². The lowest BCUT2D eigenvalue weighted by atomic mass is 10.0. The number of ether oxygens (including phenoxy) is 1. The Morgan fingerprint density at radius 2 is 1.66 bits per heavy atom. The summed E-state index contributed by atoms with van der Waals surface area (Å²) in [5, 5.41) is 0. The summed E-state index contributed by atoms with van der Waals surface area (Å²) in [6.07, 6.45) is 3.18. The molecule has 0 N–H and O–H groups in total. The van der Waals surface area contributed by atoms with Crippen LogP contribution in [0.15, 0.2) is 71.2 Å². The molecule has 1 aromatic heterocycles. The fourth-order valence-electron chi connectivity index (χ4n) is 5.12. The van der Waals surface area contributed by atoms with Gasteiger partial charge in [-0.05, 0) is 66.6 Å². The highest BCUT2D eigenvalue weighted by Gasteiger charge is 2.36. The van der Waals surface area contributed by atoms with Crippen molar-refractivity contribution in [1.29, 1.82) is 0 Å². The van der Waals surface area contributed by atoms with E-state index in [1.54, 1.807) is 7.11 Å². The normalized spacial score (nSPS) is 17.8. The molecule has 178 valence electrons. The van der Waals surface area contributed by atoms with Crippen molar-refractivity contribution in [2.75, 3.05) is 20.2 Å². The van der Waals surface area contributed by atoms with Crippen LogP contribution in [0.25, 0.3) is 33.5 Å². The van der Waals surface area contributed by atoms with Gasteiger partial charge >= 0.3 is 0 Å². The van der Waals surface area contributed by atoms with Crippen LogP contribution in [0.4, 0.5) is 0 Å². The fourth-order valence-corrected chi connectivity index (χ4v) is 5.47. The first-order chi connectivity index (χ1) is 17.1. The lowest BCUT2D eigenvalue weighted by Gasteiger charge is -2.18. The molecular formula is C29H28BrN3O2. The van der Waals surface area contributed by atoms with Gasteiger partial charge in [0.05, 0.1) is 18.1 Å². The van der Waals surface area contributed by atoms with Gasteiger partial charge in [-0.15, -0.1) is 0 Å². The predicted molar refractivity (Wildman–Crippen MR) is 142 cm³/mol. The van der Waals surface area contributed by atoms with Crippen LogP contribution in [0.5, 0.6) is 5.75 Å². The molecule has 2 fully saturated rings. The van der Waals surface area contributed by atoms with E-state index in [1.807, 2.05) is 18.2 Å². The standard InChI is InChI=1S/C29H28BrN3O2/c1-35-25-11-8-21(9-12-25)20-2-4-22(5-3-20)28-31-26-13-10-24(30)16-27(26)33(28)18-19-14-15-32(17-19)29(34)23-6-7-23/h2-5,8-13,16,19,23H,6-7,14-15,17-18H2,1H3/t19-/m0/s1. The zero-order valence-corrected chi connectivity index (χ0v) is 21.4. The van der Waals surface area contributed by atoms with Gasteiger partial charge in [0.15, 0.2) is 0 Å². The Labute approximate surface area is 213 Å². The molecule has 1 atom stereocenters. The smallest absolute Gasteiger partial charge is 0.225 e. The molecule has 1 aliphatic heterocycles. The third-order valence-corrected chi connectivity index (χ3v) is 7.73. The van der Waals surface area contributed by atoms with Crippen molar-refractivity contribution in [2.24, 2.45) is 11.8 Å². The second kappa shape index (κ2) is 9.15. The fraction of sp³-hybridized carbons (Fsp3) is 0.310. The van der Waals surface area contributed by atoms with Gasteiger partial charge in [-0.25, -0.2) is 4.98 Å². The molecule has 6 heteroatoms. The highest BCUT2D eigenvalue weighted by Crippen LogP contribution is 2.35. The quantitative estimate of drug-likeness (QED) is 0.290. The van der Waals surface area contributed by atoms with E-state index in [0.717, 1.165) is 82.7 Å². The number of fused-ring (bicyclic) bond motifs is 1. The van der Waals surface area contributed by atoms with Crippen LogP contribution in [0.1, 0.15) is 19.3 Å². The highest BCUT2D eigenvalue weighted by atomic mass is 79.9. The largest absolute Gasteiger partial charge is 0.497 e. The number of aromatic nitrogens is 2. The summed E-state index contributed by atoms with van der Waals surface area (Å²) < 4.78 is 8.68. The Morgan fingerprint density at radius 1 is 0.971 bits per heavy atom. The molecule has 0 radical (unpaired) electrons. The lowest BCUT2D eigenvalue weighted by molar-refractivity contribution is -0.131. The molecule has 0 unspecified atom stereocenters. The minimum absolute atomic E-state index is 0.290. The topological polar surface area (TPSA) is 47.4 Å². The number of likely N-dealkylation sites (tertiary alicyclic amines) is 1. The average molecular weight is 530 g/mol. The minimum Gasteiger partial charge on any atom is -0.497 e. The van der Waals surface area contributed by atoms with E-state index in [4.69, 9.17) is 9.72 Å². The van der Waals surface area contributed by atoms with Gasteiger partial charge in [0, 0.05) is 35.6 Å². The summed E-state index contributed by atoms with van der Waals surface area (Å²) in [4.78, 5) is 19.7. The first-order valence-electron chi connectivity index (χ1n) is 12.3. The molecule has 3 aromatic carbocycles. The van der Waals surface area contributed by atoms with E-state index in [9.17, 15) is 4.79 Å². The number of carbonyl (C=O) groups excluding carboxylic acids is 1. The Kier molecular flexibility index (Phi) is 5.85. The molecule has 2 aliphatic rings. The Bertz CT molecular complexity index is 1370. The number of rotatable bonds is 6. The van der Waals surface area contributed by atoms with E-state index in [2.05, 4.69) is 73.9 Å². The predicted octanol–water partition coefficient (Wildman–Crippen LogP) is 6.40. The third-order valence-electron chi connectivity index (χ3n) is 7.24. The van der Waals surface area contributed by atoms with E-state index in [0.29, 0.717) is 17.7 Å². The summed E-state index contributed by atoms with van der Waals surface area (Å²) in [6.45, 7) is 2.58. The summed E-state index contributed by atoms with van der Waals surface area (Å²) in [5.74, 6) is 2.92. The minimum atomic E-state index is 0.290. The Hall–Kier alpha value is -3.12. The number of nitrogens with zero attached hydrogens (tertiary/aromatic N) is 3. The number of halogens is 1. The zero-order chi connectivity index (χ0) is 23.9. The van der Waals surface area contributed by atoms with E-state index >= 15 is 0 Å². The first kappa shape index (κ1) is 22.4. The number of imidazole rings is 1. The van der Waals surface area contributed by atoms with Crippen molar-refractivity contribution < 1.29 is 9.53 Å². The van der Waals surface area contributed by atoms with Gasteiger partial charge < -0.3 is 14.2 Å². The number of hydrogen-bond acceptors (Lipinski definition) is 3. The second-order valence-corrected chi connectivity index (χ2v) is 10.6. The Morgan fingerprint density at radius 3 is 2.34 bits per heavy atom. The molecule has 1 saturated heterocycles.